The minimum atomic E-state index is 0.394. The summed E-state index contributed by atoms with van der Waals surface area (Å²) in [5.41, 5.74) is 3.35. The highest BCUT2D eigenvalue weighted by Crippen LogP contribution is 2.18. The van der Waals surface area contributed by atoms with Crippen molar-refractivity contribution in [3.8, 4) is 17.1 Å². The lowest BCUT2D eigenvalue weighted by Gasteiger charge is -2.02. The Balaban J connectivity index is 2.33. The van der Waals surface area contributed by atoms with Crippen LogP contribution >= 0.6 is 0 Å². The fraction of sp³-hybridized carbons (Fsp3) is 0.167. The van der Waals surface area contributed by atoms with E-state index in [9.17, 15) is 0 Å². The first kappa shape index (κ1) is 9.65. The molecule has 1 heterocycles. The average molecular weight is 200 g/mol. The highest BCUT2D eigenvalue weighted by molar-refractivity contribution is 5.61. The van der Waals surface area contributed by atoms with Crippen molar-refractivity contribution in [1.29, 1.82) is 0 Å². The SMILES string of the molecule is COc1ncc(-c2ccc(C)cc2)cn1. The minimum absolute atomic E-state index is 0.394. The maximum Gasteiger partial charge on any atom is 0.316 e. The van der Waals surface area contributed by atoms with Gasteiger partial charge in [-0.05, 0) is 12.5 Å². The summed E-state index contributed by atoms with van der Waals surface area (Å²) >= 11 is 0. The topological polar surface area (TPSA) is 35.0 Å². The quantitative estimate of drug-likeness (QED) is 0.747. The molecule has 2 aromatic rings. The molecule has 0 aliphatic heterocycles. The zero-order valence-electron chi connectivity index (χ0n) is 8.77. The fourth-order valence-corrected chi connectivity index (χ4v) is 1.32. The van der Waals surface area contributed by atoms with Gasteiger partial charge in [-0.15, -0.1) is 0 Å². The van der Waals surface area contributed by atoms with Crippen LogP contribution in [0.1, 0.15) is 5.56 Å². The smallest absolute Gasteiger partial charge is 0.316 e. The summed E-state index contributed by atoms with van der Waals surface area (Å²) in [7, 11) is 1.56. The Morgan fingerprint density at radius 2 is 1.53 bits per heavy atom. The summed E-state index contributed by atoms with van der Waals surface area (Å²) in [4.78, 5) is 8.13. The Kier molecular flexibility index (Phi) is 2.63. The van der Waals surface area contributed by atoms with Gasteiger partial charge in [0.05, 0.1) is 7.11 Å². The second-order valence-corrected chi connectivity index (χ2v) is 3.32. The van der Waals surface area contributed by atoms with Gasteiger partial charge in [-0.2, -0.15) is 0 Å². The monoisotopic (exact) mass is 200 g/mol. The first-order chi connectivity index (χ1) is 7.29. The van der Waals surface area contributed by atoms with Gasteiger partial charge >= 0.3 is 6.01 Å². The first-order valence-corrected chi connectivity index (χ1v) is 4.72. The lowest BCUT2D eigenvalue weighted by atomic mass is 10.1. The van der Waals surface area contributed by atoms with Crippen molar-refractivity contribution in [1.82, 2.24) is 9.97 Å². The number of hydrogen-bond donors (Lipinski definition) is 0. The number of methoxy groups -OCH3 is 1. The van der Waals surface area contributed by atoms with Crippen LogP contribution in [-0.4, -0.2) is 17.1 Å². The minimum Gasteiger partial charge on any atom is -0.467 e. The molecule has 0 radical (unpaired) electrons. The number of aromatic nitrogens is 2. The van der Waals surface area contributed by atoms with Gasteiger partial charge in [-0.25, -0.2) is 9.97 Å². The van der Waals surface area contributed by atoms with Crippen LogP contribution in [0, 0.1) is 6.92 Å². The first-order valence-electron chi connectivity index (χ1n) is 4.72. The van der Waals surface area contributed by atoms with Gasteiger partial charge in [0.25, 0.3) is 0 Å². The summed E-state index contributed by atoms with van der Waals surface area (Å²) in [6.45, 7) is 2.06. The van der Waals surface area contributed by atoms with Crippen LogP contribution in [0.4, 0.5) is 0 Å². The van der Waals surface area contributed by atoms with E-state index in [0.29, 0.717) is 6.01 Å². The maximum atomic E-state index is 4.90. The summed E-state index contributed by atoms with van der Waals surface area (Å²) in [5.74, 6) is 0. The molecule has 3 heteroatoms. The number of aryl methyl sites for hydroxylation is 1. The molecule has 0 bridgehead atoms. The molecule has 0 aliphatic rings. The normalized spacial score (nSPS) is 10.0. The number of nitrogens with zero attached hydrogens (tertiary/aromatic N) is 2. The summed E-state index contributed by atoms with van der Waals surface area (Å²) in [6, 6.07) is 8.64. The molecule has 0 saturated heterocycles. The second-order valence-electron chi connectivity index (χ2n) is 3.32. The molecule has 1 aromatic heterocycles. The predicted octanol–water partition coefficient (Wildman–Crippen LogP) is 2.46. The number of ether oxygens (including phenoxy) is 1. The molecule has 0 amide bonds. The van der Waals surface area contributed by atoms with E-state index in [-0.39, 0.29) is 0 Å². The van der Waals surface area contributed by atoms with Gasteiger partial charge in [0.2, 0.25) is 0 Å². The molecule has 0 N–H and O–H groups in total. The molecule has 0 fully saturated rings. The molecular formula is C12H12N2O. The van der Waals surface area contributed by atoms with Gasteiger partial charge in [0, 0.05) is 18.0 Å². The average Bonchev–Trinajstić information content (AvgIpc) is 2.30. The molecular weight excluding hydrogens is 188 g/mol. The Morgan fingerprint density at radius 1 is 0.933 bits per heavy atom. The summed E-state index contributed by atoms with van der Waals surface area (Å²) in [6.07, 6.45) is 3.52. The van der Waals surface area contributed by atoms with Gasteiger partial charge in [0.15, 0.2) is 0 Å². The molecule has 15 heavy (non-hydrogen) atoms. The van der Waals surface area contributed by atoms with Gasteiger partial charge in [-0.3, -0.25) is 0 Å². The second kappa shape index (κ2) is 4.09. The van der Waals surface area contributed by atoms with E-state index in [4.69, 9.17) is 4.74 Å². The van der Waals surface area contributed by atoms with Crippen molar-refractivity contribution in [2.45, 2.75) is 6.92 Å². The maximum absolute atomic E-state index is 4.90. The molecule has 0 saturated carbocycles. The van der Waals surface area contributed by atoms with Gasteiger partial charge in [-0.1, -0.05) is 29.8 Å². The molecule has 0 unspecified atom stereocenters. The predicted molar refractivity (Wildman–Crippen MR) is 58.8 cm³/mol. The van der Waals surface area contributed by atoms with Crippen LogP contribution in [0.2, 0.25) is 0 Å². The molecule has 76 valence electrons. The van der Waals surface area contributed by atoms with E-state index in [1.54, 1.807) is 19.5 Å². The zero-order valence-corrected chi connectivity index (χ0v) is 8.77. The zero-order chi connectivity index (χ0) is 10.7. The van der Waals surface area contributed by atoms with Crippen LogP contribution in [0.5, 0.6) is 6.01 Å². The Morgan fingerprint density at radius 3 is 2.07 bits per heavy atom. The molecule has 2 rings (SSSR count). The van der Waals surface area contributed by atoms with Crippen molar-refractivity contribution in [3.63, 3.8) is 0 Å². The van der Waals surface area contributed by atoms with Crippen molar-refractivity contribution >= 4 is 0 Å². The van der Waals surface area contributed by atoms with E-state index in [1.165, 1.54) is 5.56 Å². The molecule has 3 nitrogen and oxygen atoms in total. The largest absolute Gasteiger partial charge is 0.467 e. The number of rotatable bonds is 2. The van der Waals surface area contributed by atoms with Crippen molar-refractivity contribution in [3.05, 3.63) is 42.2 Å². The lowest BCUT2D eigenvalue weighted by molar-refractivity contribution is 0.380. The lowest BCUT2D eigenvalue weighted by Crippen LogP contribution is -1.91. The summed E-state index contributed by atoms with van der Waals surface area (Å²) < 4.78 is 4.90. The van der Waals surface area contributed by atoms with Gasteiger partial charge in [0.1, 0.15) is 0 Å². The third-order valence-corrected chi connectivity index (χ3v) is 2.20. The van der Waals surface area contributed by atoms with Crippen LogP contribution in [0.25, 0.3) is 11.1 Å². The van der Waals surface area contributed by atoms with E-state index in [2.05, 4.69) is 41.2 Å². The van der Waals surface area contributed by atoms with Crippen LogP contribution < -0.4 is 4.74 Å². The third kappa shape index (κ3) is 2.13. The molecule has 1 aromatic carbocycles. The van der Waals surface area contributed by atoms with Crippen LogP contribution in [-0.2, 0) is 0 Å². The third-order valence-electron chi connectivity index (χ3n) is 2.20. The van der Waals surface area contributed by atoms with E-state index >= 15 is 0 Å². The highest BCUT2D eigenvalue weighted by atomic mass is 16.5. The molecule has 0 aliphatic carbocycles. The fourth-order valence-electron chi connectivity index (χ4n) is 1.32. The van der Waals surface area contributed by atoms with E-state index < -0.39 is 0 Å². The molecule has 0 spiro atoms. The van der Waals surface area contributed by atoms with Crippen molar-refractivity contribution in [2.75, 3.05) is 7.11 Å². The van der Waals surface area contributed by atoms with Gasteiger partial charge < -0.3 is 4.74 Å². The molecule has 0 atom stereocenters. The Hall–Kier alpha value is -1.90. The highest BCUT2D eigenvalue weighted by Gasteiger charge is 1.99. The van der Waals surface area contributed by atoms with Crippen molar-refractivity contribution < 1.29 is 4.74 Å². The number of benzene rings is 1. The van der Waals surface area contributed by atoms with E-state index in [0.717, 1.165) is 11.1 Å². The van der Waals surface area contributed by atoms with Crippen LogP contribution in [0.3, 0.4) is 0 Å². The Labute approximate surface area is 88.8 Å². The summed E-state index contributed by atoms with van der Waals surface area (Å²) in [5, 5.41) is 0. The van der Waals surface area contributed by atoms with Crippen molar-refractivity contribution in [2.24, 2.45) is 0 Å². The van der Waals surface area contributed by atoms with E-state index in [1.807, 2.05) is 0 Å². The standard InChI is InChI=1S/C12H12N2O/c1-9-3-5-10(6-4-9)11-7-13-12(15-2)14-8-11/h3-8H,1-2H3. The Bertz CT molecular complexity index is 434. The van der Waals surface area contributed by atoms with Crippen LogP contribution in [0.15, 0.2) is 36.7 Å². The number of hydrogen-bond acceptors (Lipinski definition) is 3.